The maximum atomic E-state index is 12.6. The monoisotopic (exact) mass is 434 g/mol. The first-order chi connectivity index (χ1) is 14.9. The van der Waals surface area contributed by atoms with Gasteiger partial charge in [-0.1, -0.05) is 56.3 Å². The van der Waals surface area contributed by atoms with Crippen LogP contribution in [0.3, 0.4) is 0 Å². The van der Waals surface area contributed by atoms with E-state index in [0.29, 0.717) is 28.2 Å². The number of aromatic carboxylic acids is 1. The van der Waals surface area contributed by atoms with Gasteiger partial charge < -0.3 is 9.67 Å². The molecule has 0 fully saturated rings. The van der Waals surface area contributed by atoms with Crippen LogP contribution in [0.4, 0.5) is 0 Å². The number of hydrogen-bond acceptors (Lipinski definition) is 5. The molecule has 158 valence electrons. The van der Waals surface area contributed by atoms with Crippen LogP contribution in [-0.2, 0) is 6.54 Å². The summed E-state index contributed by atoms with van der Waals surface area (Å²) in [6, 6.07) is 14.7. The molecule has 0 aliphatic rings. The highest BCUT2D eigenvalue weighted by atomic mass is 32.2. The van der Waals surface area contributed by atoms with Gasteiger partial charge in [-0.3, -0.25) is 4.79 Å². The Labute approximate surface area is 183 Å². The van der Waals surface area contributed by atoms with Gasteiger partial charge in [0.25, 0.3) is 5.56 Å². The van der Waals surface area contributed by atoms with Gasteiger partial charge in [0.1, 0.15) is 21.9 Å². The minimum absolute atomic E-state index is 0.128. The molecular weight excluding hydrogens is 412 g/mol. The van der Waals surface area contributed by atoms with E-state index in [1.807, 2.05) is 55.0 Å². The van der Waals surface area contributed by atoms with Crippen LogP contribution in [0.15, 0.2) is 58.4 Å². The minimum Gasteiger partial charge on any atom is -0.478 e. The quantitative estimate of drug-likeness (QED) is 0.437. The topological polar surface area (TPSA) is 101 Å². The van der Waals surface area contributed by atoms with Crippen LogP contribution in [0.2, 0.25) is 0 Å². The highest BCUT2D eigenvalue weighted by Gasteiger charge is 2.20. The summed E-state index contributed by atoms with van der Waals surface area (Å²) in [6.45, 7) is 4.57. The fourth-order valence-corrected chi connectivity index (χ4v) is 4.17. The van der Waals surface area contributed by atoms with Crippen molar-refractivity contribution in [2.75, 3.05) is 6.26 Å². The van der Waals surface area contributed by atoms with Gasteiger partial charge in [0.2, 0.25) is 0 Å². The molecule has 0 atom stereocenters. The molecule has 4 aromatic rings. The highest BCUT2D eigenvalue weighted by Crippen LogP contribution is 2.27. The first-order valence-electron chi connectivity index (χ1n) is 9.85. The van der Waals surface area contributed by atoms with Crippen LogP contribution in [0, 0.1) is 0 Å². The van der Waals surface area contributed by atoms with Crippen molar-refractivity contribution in [1.29, 1.82) is 0 Å². The second-order valence-electron chi connectivity index (χ2n) is 7.52. The maximum absolute atomic E-state index is 12.6. The lowest BCUT2D eigenvalue weighted by atomic mass is 9.98. The molecule has 0 saturated carbocycles. The van der Waals surface area contributed by atoms with Crippen molar-refractivity contribution in [3.63, 3.8) is 0 Å². The molecule has 0 aliphatic heterocycles. The summed E-state index contributed by atoms with van der Waals surface area (Å²) in [5, 5.41) is 16.8. The summed E-state index contributed by atoms with van der Waals surface area (Å²) in [4.78, 5) is 28.9. The summed E-state index contributed by atoms with van der Waals surface area (Å²) in [6.07, 6.45) is 1.90. The van der Waals surface area contributed by atoms with E-state index in [-0.39, 0.29) is 17.0 Å². The number of fused-ring (bicyclic) bond motifs is 1. The number of thioether (sulfide) groups is 1. The number of hydrogen-bond donors (Lipinski definition) is 2. The third-order valence-corrected chi connectivity index (χ3v) is 5.82. The Hall–Kier alpha value is -3.39. The van der Waals surface area contributed by atoms with E-state index in [2.05, 4.69) is 10.2 Å². The number of H-pyrrole nitrogens is 1. The summed E-state index contributed by atoms with van der Waals surface area (Å²) in [5.74, 6) is -0.00380. The molecule has 0 bridgehead atoms. The highest BCUT2D eigenvalue weighted by molar-refractivity contribution is 7.98. The number of rotatable bonds is 6. The number of nitrogens with one attached hydrogen (secondary N) is 1. The van der Waals surface area contributed by atoms with Gasteiger partial charge in [0.05, 0.1) is 5.56 Å². The Balaban J connectivity index is 1.76. The molecule has 2 aromatic carbocycles. The van der Waals surface area contributed by atoms with E-state index in [1.54, 1.807) is 18.2 Å². The Bertz CT molecular complexity index is 1320. The SMILES string of the molecule is CSc1n[nH]c(=O)c2c1nc(C(C)C)n2Cc1ccc(-c2ccccc2C(=O)O)cc1. The zero-order valence-electron chi connectivity index (χ0n) is 17.4. The molecule has 2 heterocycles. The van der Waals surface area contributed by atoms with Crippen LogP contribution >= 0.6 is 11.8 Å². The minimum atomic E-state index is -0.955. The molecule has 0 unspecified atom stereocenters. The second-order valence-corrected chi connectivity index (χ2v) is 8.31. The van der Waals surface area contributed by atoms with Crippen LogP contribution in [0.25, 0.3) is 22.2 Å². The average molecular weight is 435 g/mol. The Morgan fingerprint density at radius 3 is 2.52 bits per heavy atom. The summed E-state index contributed by atoms with van der Waals surface area (Å²) in [7, 11) is 0. The van der Waals surface area contributed by atoms with Gasteiger partial charge >= 0.3 is 5.97 Å². The fraction of sp³-hybridized carbons (Fsp3) is 0.217. The first kappa shape index (κ1) is 20.9. The first-order valence-corrected chi connectivity index (χ1v) is 11.1. The van der Waals surface area contributed by atoms with Gasteiger partial charge in [-0.15, -0.1) is 11.8 Å². The lowest BCUT2D eigenvalue weighted by Gasteiger charge is -2.12. The molecule has 7 nitrogen and oxygen atoms in total. The summed E-state index contributed by atoms with van der Waals surface area (Å²) < 4.78 is 1.94. The zero-order valence-corrected chi connectivity index (χ0v) is 18.2. The van der Waals surface area contributed by atoms with Crippen molar-refractivity contribution in [1.82, 2.24) is 19.7 Å². The Kier molecular flexibility index (Phi) is 5.65. The zero-order chi connectivity index (χ0) is 22.1. The van der Waals surface area contributed by atoms with E-state index in [0.717, 1.165) is 17.0 Å². The smallest absolute Gasteiger partial charge is 0.336 e. The second kappa shape index (κ2) is 8.39. The van der Waals surface area contributed by atoms with Crippen LogP contribution < -0.4 is 5.56 Å². The molecule has 0 saturated heterocycles. The maximum Gasteiger partial charge on any atom is 0.336 e. The van der Waals surface area contributed by atoms with Crippen LogP contribution in [-0.4, -0.2) is 37.1 Å². The third-order valence-electron chi connectivity index (χ3n) is 5.15. The number of nitrogens with zero attached hydrogens (tertiary/aromatic N) is 3. The van der Waals surface area contributed by atoms with Crippen LogP contribution in [0.1, 0.15) is 41.5 Å². The number of aromatic amines is 1. The van der Waals surface area contributed by atoms with E-state index in [4.69, 9.17) is 4.98 Å². The summed E-state index contributed by atoms with van der Waals surface area (Å²) >= 11 is 1.45. The van der Waals surface area contributed by atoms with Crippen molar-refractivity contribution in [3.05, 3.63) is 75.8 Å². The van der Waals surface area contributed by atoms with E-state index >= 15 is 0 Å². The largest absolute Gasteiger partial charge is 0.478 e. The molecule has 0 amide bonds. The predicted molar refractivity (Wildman–Crippen MR) is 122 cm³/mol. The fourth-order valence-electron chi connectivity index (χ4n) is 3.69. The van der Waals surface area contributed by atoms with Crippen molar-refractivity contribution in [2.45, 2.75) is 31.3 Å². The van der Waals surface area contributed by atoms with Gasteiger partial charge in [0.15, 0.2) is 0 Å². The Morgan fingerprint density at radius 1 is 1.16 bits per heavy atom. The molecule has 31 heavy (non-hydrogen) atoms. The molecule has 0 radical (unpaired) electrons. The van der Waals surface area contributed by atoms with Crippen LogP contribution in [0.5, 0.6) is 0 Å². The lowest BCUT2D eigenvalue weighted by molar-refractivity contribution is 0.0697. The number of carboxylic acid groups (broad SMARTS) is 1. The number of carbonyl (C=O) groups is 1. The number of aromatic nitrogens is 4. The molecule has 4 rings (SSSR count). The predicted octanol–water partition coefficient (Wildman–Crippen LogP) is 4.38. The third kappa shape index (κ3) is 3.86. The summed E-state index contributed by atoms with van der Waals surface area (Å²) in [5.41, 5.74) is 3.62. The van der Waals surface area contributed by atoms with Crippen molar-refractivity contribution in [3.8, 4) is 11.1 Å². The van der Waals surface area contributed by atoms with Crippen molar-refractivity contribution < 1.29 is 9.90 Å². The molecule has 0 spiro atoms. The molecule has 2 aromatic heterocycles. The number of benzene rings is 2. The van der Waals surface area contributed by atoms with E-state index in [9.17, 15) is 14.7 Å². The Morgan fingerprint density at radius 2 is 1.87 bits per heavy atom. The molecular formula is C23H22N4O3S. The molecule has 0 aliphatic carbocycles. The normalized spacial score (nSPS) is 11.4. The standard InChI is InChI=1S/C23H22N4O3S/c1-13(2)20-24-18-19(21(28)25-26-22(18)31-3)27(20)12-14-8-10-15(11-9-14)16-6-4-5-7-17(16)23(29)30/h4-11,13H,12H2,1-3H3,(H,25,28)(H,29,30). The molecule has 8 heteroatoms. The molecule has 2 N–H and O–H groups in total. The van der Waals surface area contributed by atoms with E-state index < -0.39 is 5.97 Å². The number of imidazole rings is 1. The van der Waals surface area contributed by atoms with Gasteiger partial charge in [-0.05, 0) is 29.0 Å². The van der Waals surface area contributed by atoms with Gasteiger partial charge in [-0.2, -0.15) is 5.10 Å². The average Bonchev–Trinajstić information content (AvgIpc) is 3.15. The number of carboxylic acids is 1. The van der Waals surface area contributed by atoms with E-state index in [1.165, 1.54) is 11.8 Å². The van der Waals surface area contributed by atoms with Gasteiger partial charge in [-0.25, -0.2) is 14.9 Å². The van der Waals surface area contributed by atoms with Gasteiger partial charge in [0, 0.05) is 12.5 Å². The lowest BCUT2D eigenvalue weighted by Crippen LogP contribution is -2.15. The van der Waals surface area contributed by atoms with Crippen molar-refractivity contribution in [2.24, 2.45) is 0 Å². The van der Waals surface area contributed by atoms with Crippen molar-refractivity contribution >= 4 is 28.8 Å².